The molecule has 0 radical (unpaired) electrons. The monoisotopic (exact) mass is 306 g/mol. The van der Waals surface area contributed by atoms with Crippen LogP contribution in [0.15, 0.2) is 16.9 Å². The van der Waals surface area contributed by atoms with Crippen molar-refractivity contribution >= 4 is 51.8 Å². The molecule has 1 aromatic heterocycles. The number of hydrogen-bond acceptors (Lipinski definition) is 3. The van der Waals surface area contributed by atoms with Crippen LogP contribution in [-0.2, 0) is 4.79 Å². The normalized spacial score (nSPS) is 21.1. The lowest BCUT2D eigenvalue weighted by atomic mass is 10.4. The number of aromatic nitrogens is 1. The Kier molecular flexibility index (Phi) is 3.23. The predicted molar refractivity (Wildman–Crippen MR) is 66.7 cm³/mol. The van der Waals surface area contributed by atoms with Gasteiger partial charge in [0, 0.05) is 24.4 Å². The largest absolute Gasteiger partial charge is 0.309 e. The minimum Gasteiger partial charge on any atom is -0.309 e. The number of rotatable bonds is 1. The lowest BCUT2D eigenvalue weighted by Crippen LogP contribution is -2.25. The van der Waals surface area contributed by atoms with Crippen LogP contribution in [0.1, 0.15) is 6.42 Å². The third-order valence-corrected chi connectivity index (χ3v) is 3.35. The van der Waals surface area contributed by atoms with E-state index < -0.39 is 0 Å². The molecule has 1 aromatic rings. The molecule has 0 N–H and O–H groups in total. The van der Waals surface area contributed by atoms with E-state index in [4.69, 9.17) is 11.6 Å². The standard InChI is InChI=1S/C9H8BrClN2OS/c10-9-7(1-5(11)3-12-9)13-4-6(15)2-8(13)14/h1,3,6,15H,2,4H2. The molecule has 1 saturated heterocycles. The zero-order valence-electron chi connectivity index (χ0n) is 7.65. The number of carbonyl (C=O) groups excluding carboxylic acids is 1. The van der Waals surface area contributed by atoms with Crippen LogP contribution in [0.2, 0.25) is 5.02 Å². The predicted octanol–water partition coefficient (Wildman–Crippen LogP) is 2.53. The van der Waals surface area contributed by atoms with Crippen molar-refractivity contribution in [2.24, 2.45) is 0 Å². The first kappa shape index (κ1) is 11.2. The van der Waals surface area contributed by atoms with Crippen molar-refractivity contribution in [3.05, 3.63) is 21.9 Å². The Morgan fingerprint density at radius 2 is 2.40 bits per heavy atom. The Bertz CT molecular complexity index is 415. The summed E-state index contributed by atoms with van der Waals surface area (Å²) in [5.41, 5.74) is 0.712. The SMILES string of the molecule is O=C1CC(S)CN1c1cc(Cl)cnc1Br. The molecule has 0 aromatic carbocycles. The van der Waals surface area contributed by atoms with Crippen molar-refractivity contribution in [2.75, 3.05) is 11.4 Å². The van der Waals surface area contributed by atoms with E-state index in [0.717, 1.165) is 0 Å². The van der Waals surface area contributed by atoms with Gasteiger partial charge in [-0.05, 0) is 22.0 Å². The molecule has 1 fully saturated rings. The second-order valence-corrected chi connectivity index (χ2v) is 5.24. The van der Waals surface area contributed by atoms with Gasteiger partial charge in [-0.1, -0.05) is 11.6 Å². The number of carbonyl (C=O) groups is 1. The average molecular weight is 308 g/mol. The van der Waals surface area contributed by atoms with Crippen LogP contribution in [0.5, 0.6) is 0 Å². The lowest BCUT2D eigenvalue weighted by Gasteiger charge is -2.17. The van der Waals surface area contributed by atoms with Gasteiger partial charge >= 0.3 is 0 Å². The average Bonchev–Trinajstić information content (AvgIpc) is 2.50. The summed E-state index contributed by atoms with van der Waals surface area (Å²) in [7, 11) is 0. The van der Waals surface area contributed by atoms with Crippen LogP contribution < -0.4 is 4.90 Å². The first-order valence-corrected chi connectivity index (χ1v) is 6.06. The molecule has 0 saturated carbocycles. The summed E-state index contributed by atoms with van der Waals surface area (Å²) in [6, 6.07) is 1.72. The summed E-state index contributed by atoms with van der Waals surface area (Å²) in [4.78, 5) is 17.3. The van der Waals surface area contributed by atoms with Crippen molar-refractivity contribution in [3.8, 4) is 0 Å². The van der Waals surface area contributed by atoms with Crippen LogP contribution >= 0.6 is 40.2 Å². The van der Waals surface area contributed by atoms with Gasteiger partial charge in [0.25, 0.3) is 0 Å². The fourth-order valence-electron chi connectivity index (χ4n) is 1.52. The summed E-state index contributed by atoms with van der Waals surface area (Å²) in [6.07, 6.45) is 2.00. The fourth-order valence-corrected chi connectivity index (χ4v) is 2.43. The number of hydrogen-bond donors (Lipinski definition) is 1. The van der Waals surface area contributed by atoms with Crippen molar-refractivity contribution in [3.63, 3.8) is 0 Å². The van der Waals surface area contributed by atoms with Gasteiger partial charge in [0.15, 0.2) is 0 Å². The Morgan fingerprint density at radius 3 is 3.00 bits per heavy atom. The molecule has 2 rings (SSSR count). The van der Waals surface area contributed by atoms with Crippen LogP contribution in [0.4, 0.5) is 5.69 Å². The molecule has 1 atom stereocenters. The maximum absolute atomic E-state index is 11.6. The van der Waals surface area contributed by atoms with E-state index in [1.54, 1.807) is 11.0 Å². The number of amides is 1. The molecule has 0 bridgehead atoms. The topological polar surface area (TPSA) is 33.2 Å². The van der Waals surface area contributed by atoms with E-state index in [1.165, 1.54) is 6.20 Å². The van der Waals surface area contributed by atoms with Crippen LogP contribution in [0.3, 0.4) is 0 Å². The maximum Gasteiger partial charge on any atom is 0.228 e. The maximum atomic E-state index is 11.6. The van der Waals surface area contributed by atoms with Gasteiger partial charge in [-0.15, -0.1) is 0 Å². The molecule has 0 spiro atoms. The third kappa shape index (κ3) is 2.29. The van der Waals surface area contributed by atoms with Crippen molar-refractivity contribution in [1.29, 1.82) is 0 Å². The first-order chi connectivity index (χ1) is 7.08. The van der Waals surface area contributed by atoms with Crippen molar-refractivity contribution < 1.29 is 4.79 Å². The van der Waals surface area contributed by atoms with E-state index in [1.807, 2.05) is 0 Å². The Balaban J connectivity index is 2.37. The molecular weight excluding hydrogens is 300 g/mol. The molecule has 6 heteroatoms. The Labute approximate surface area is 106 Å². The summed E-state index contributed by atoms with van der Waals surface area (Å²) in [5, 5.41) is 0.604. The van der Waals surface area contributed by atoms with Gasteiger partial charge in [-0.3, -0.25) is 4.79 Å². The molecule has 1 amide bonds. The molecule has 0 aliphatic carbocycles. The summed E-state index contributed by atoms with van der Waals surface area (Å²) in [6.45, 7) is 0.600. The number of thiol groups is 1. The zero-order chi connectivity index (χ0) is 11.0. The van der Waals surface area contributed by atoms with Crippen LogP contribution in [0, 0.1) is 0 Å². The summed E-state index contributed by atoms with van der Waals surface area (Å²) >= 11 is 13.4. The van der Waals surface area contributed by atoms with Crippen molar-refractivity contribution in [1.82, 2.24) is 4.98 Å². The summed E-state index contributed by atoms with van der Waals surface area (Å²) in [5.74, 6) is 0.0553. The van der Waals surface area contributed by atoms with Crippen LogP contribution in [0.25, 0.3) is 0 Å². The van der Waals surface area contributed by atoms with E-state index in [2.05, 4.69) is 33.5 Å². The quantitative estimate of drug-likeness (QED) is 0.639. The number of anilines is 1. The highest BCUT2D eigenvalue weighted by Gasteiger charge is 2.29. The van der Waals surface area contributed by atoms with E-state index in [0.29, 0.717) is 28.3 Å². The summed E-state index contributed by atoms with van der Waals surface area (Å²) < 4.78 is 0.627. The third-order valence-electron chi connectivity index (χ3n) is 2.18. The van der Waals surface area contributed by atoms with E-state index in [9.17, 15) is 4.79 Å². The van der Waals surface area contributed by atoms with Gasteiger partial charge in [-0.2, -0.15) is 12.6 Å². The highest BCUT2D eigenvalue weighted by molar-refractivity contribution is 9.10. The van der Waals surface area contributed by atoms with Gasteiger partial charge in [0.1, 0.15) is 4.60 Å². The Hall–Kier alpha value is -0.260. The molecule has 3 nitrogen and oxygen atoms in total. The van der Waals surface area contributed by atoms with Gasteiger partial charge in [-0.25, -0.2) is 4.98 Å². The molecule has 1 aliphatic heterocycles. The second kappa shape index (κ2) is 4.31. The number of nitrogens with zero attached hydrogens (tertiary/aromatic N) is 2. The van der Waals surface area contributed by atoms with E-state index in [-0.39, 0.29) is 11.2 Å². The molecule has 1 aliphatic rings. The Morgan fingerprint density at radius 1 is 1.67 bits per heavy atom. The molecule has 15 heavy (non-hydrogen) atoms. The van der Waals surface area contributed by atoms with E-state index >= 15 is 0 Å². The second-order valence-electron chi connectivity index (χ2n) is 3.33. The smallest absolute Gasteiger partial charge is 0.228 e. The molecule has 1 unspecified atom stereocenters. The minimum atomic E-state index is 0.0553. The number of halogens is 2. The highest BCUT2D eigenvalue weighted by atomic mass is 79.9. The fraction of sp³-hybridized carbons (Fsp3) is 0.333. The van der Waals surface area contributed by atoms with Gasteiger partial charge in [0.05, 0.1) is 10.7 Å². The van der Waals surface area contributed by atoms with Gasteiger partial charge in [0.2, 0.25) is 5.91 Å². The molecular formula is C9H8BrClN2OS. The van der Waals surface area contributed by atoms with Gasteiger partial charge < -0.3 is 4.90 Å². The zero-order valence-corrected chi connectivity index (χ0v) is 10.9. The number of pyridine rings is 1. The van der Waals surface area contributed by atoms with Crippen LogP contribution in [-0.4, -0.2) is 22.7 Å². The van der Waals surface area contributed by atoms with Crippen molar-refractivity contribution in [2.45, 2.75) is 11.7 Å². The minimum absolute atomic E-state index is 0.0553. The molecule has 80 valence electrons. The molecule has 2 heterocycles. The lowest BCUT2D eigenvalue weighted by molar-refractivity contribution is -0.117. The highest BCUT2D eigenvalue weighted by Crippen LogP contribution is 2.31. The first-order valence-electron chi connectivity index (χ1n) is 4.37.